The lowest BCUT2D eigenvalue weighted by atomic mass is 10.2. The monoisotopic (exact) mass is 398 g/mol. The number of piperazine rings is 1. The van der Waals surface area contributed by atoms with Crippen LogP contribution in [0.5, 0.6) is 0 Å². The van der Waals surface area contributed by atoms with Crippen LogP contribution < -0.4 is 4.90 Å². The van der Waals surface area contributed by atoms with Crippen molar-refractivity contribution in [3.63, 3.8) is 0 Å². The quantitative estimate of drug-likeness (QED) is 0.780. The van der Waals surface area contributed by atoms with Gasteiger partial charge in [0.05, 0.1) is 5.02 Å². The molecule has 0 atom stereocenters. The summed E-state index contributed by atoms with van der Waals surface area (Å²) in [5.41, 5.74) is 2.27. The van der Waals surface area contributed by atoms with Crippen molar-refractivity contribution in [1.29, 1.82) is 0 Å². The smallest absolute Gasteiger partial charge is 0.245 e. The van der Waals surface area contributed by atoms with Gasteiger partial charge in [0.25, 0.3) is 0 Å². The van der Waals surface area contributed by atoms with E-state index in [4.69, 9.17) is 23.2 Å². The molecule has 0 unspecified atom stereocenters. The minimum absolute atomic E-state index is 0.132. The number of hydrogen-bond donors (Lipinski definition) is 0. The van der Waals surface area contributed by atoms with Crippen LogP contribution >= 0.6 is 23.2 Å². The maximum atomic E-state index is 13.1. The lowest BCUT2D eigenvalue weighted by Gasteiger charge is -2.35. The van der Waals surface area contributed by atoms with E-state index in [0.717, 1.165) is 5.69 Å². The molecule has 1 aliphatic heterocycles. The van der Waals surface area contributed by atoms with Gasteiger partial charge >= 0.3 is 0 Å². The average Bonchev–Trinajstić information content (AvgIpc) is 2.61. The van der Waals surface area contributed by atoms with Gasteiger partial charge in [0, 0.05) is 36.9 Å². The van der Waals surface area contributed by atoms with Gasteiger partial charge < -0.3 is 4.90 Å². The van der Waals surface area contributed by atoms with E-state index in [1.54, 1.807) is 19.9 Å². The van der Waals surface area contributed by atoms with Crippen molar-refractivity contribution in [2.75, 3.05) is 31.1 Å². The molecule has 0 bridgehead atoms. The number of hydrogen-bond acceptors (Lipinski definition) is 3. The van der Waals surface area contributed by atoms with Gasteiger partial charge in [-0.2, -0.15) is 4.31 Å². The maximum absolute atomic E-state index is 13.1. The molecule has 1 fully saturated rings. The number of anilines is 1. The first-order valence-electron chi connectivity index (χ1n) is 8.07. The average molecular weight is 399 g/mol. The van der Waals surface area contributed by atoms with Crippen LogP contribution in [0.2, 0.25) is 10.0 Å². The summed E-state index contributed by atoms with van der Waals surface area (Å²) in [4.78, 5) is 2.32. The third-order valence-corrected chi connectivity index (χ3v) is 7.61. The Morgan fingerprint density at radius 1 is 0.960 bits per heavy atom. The zero-order valence-corrected chi connectivity index (χ0v) is 16.5. The molecule has 3 rings (SSSR count). The summed E-state index contributed by atoms with van der Waals surface area (Å²) in [5.74, 6) is 0. The van der Waals surface area contributed by atoms with E-state index >= 15 is 0 Å². The van der Waals surface area contributed by atoms with Crippen LogP contribution in [-0.2, 0) is 10.0 Å². The van der Waals surface area contributed by atoms with Crippen molar-refractivity contribution >= 4 is 38.9 Å². The number of aryl methyl sites for hydroxylation is 1. The number of sulfonamides is 1. The Balaban J connectivity index is 1.86. The molecule has 0 radical (unpaired) electrons. The molecule has 1 saturated heterocycles. The van der Waals surface area contributed by atoms with Crippen LogP contribution in [-0.4, -0.2) is 38.9 Å². The first kappa shape index (κ1) is 18.5. The van der Waals surface area contributed by atoms with Gasteiger partial charge in [-0.1, -0.05) is 41.4 Å². The first-order valence-corrected chi connectivity index (χ1v) is 10.3. The van der Waals surface area contributed by atoms with Gasteiger partial charge in [-0.25, -0.2) is 8.42 Å². The number of nitrogens with zero attached hydrogens (tertiary/aromatic N) is 2. The van der Waals surface area contributed by atoms with Gasteiger partial charge in [0.15, 0.2) is 0 Å². The predicted octanol–water partition coefficient (Wildman–Crippen LogP) is 4.12. The van der Waals surface area contributed by atoms with Crippen LogP contribution in [0.25, 0.3) is 0 Å². The van der Waals surface area contributed by atoms with Gasteiger partial charge in [-0.15, -0.1) is 0 Å². The fourth-order valence-corrected chi connectivity index (χ4v) is 5.66. The van der Waals surface area contributed by atoms with Crippen molar-refractivity contribution in [1.82, 2.24) is 4.31 Å². The summed E-state index contributed by atoms with van der Waals surface area (Å²) < 4.78 is 27.8. The van der Waals surface area contributed by atoms with Crippen LogP contribution in [0.3, 0.4) is 0 Å². The zero-order valence-electron chi connectivity index (χ0n) is 14.2. The van der Waals surface area contributed by atoms with E-state index in [1.165, 1.54) is 4.31 Å². The van der Waals surface area contributed by atoms with Crippen molar-refractivity contribution in [3.05, 3.63) is 57.6 Å². The SMILES string of the molecule is Cc1cc(Cl)c(C)c(S(=O)(=O)N2CCN(c3ccccc3)CC2)c1Cl. The number of para-hydroxylation sites is 1. The van der Waals surface area contributed by atoms with Crippen molar-refractivity contribution in [2.45, 2.75) is 18.7 Å². The van der Waals surface area contributed by atoms with Gasteiger partial charge in [0.2, 0.25) is 10.0 Å². The van der Waals surface area contributed by atoms with Gasteiger partial charge in [-0.05, 0) is 43.2 Å². The topological polar surface area (TPSA) is 40.6 Å². The van der Waals surface area contributed by atoms with E-state index in [1.807, 2.05) is 30.3 Å². The highest BCUT2D eigenvalue weighted by molar-refractivity contribution is 7.89. The van der Waals surface area contributed by atoms with Crippen molar-refractivity contribution in [2.24, 2.45) is 0 Å². The van der Waals surface area contributed by atoms with E-state index in [2.05, 4.69) is 4.90 Å². The molecule has 4 nitrogen and oxygen atoms in total. The maximum Gasteiger partial charge on any atom is 0.245 e. The Labute approximate surface area is 159 Å². The highest BCUT2D eigenvalue weighted by Gasteiger charge is 2.32. The molecule has 0 spiro atoms. The molecule has 0 saturated carbocycles. The van der Waals surface area contributed by atoms with E-state index < -0.39 is 10.0 Å². The minimum atomic E-state index is -3.68. The highest BCUT2D eigenvalue weighted by atomic mass is 35.5. The molecule has 1 heterocycles. The van der Waals surface area contributed by atoms with Gasteiger partial charge in [0.1, 0.15) is 4.90 Å². The predicted molar refractivity (Wildman–Crippen MR) is 103 cm³/mol. The summed E-state index contributed by atoms with van der Waals surface area (Å²) in [6, 6.07) is 11.7. The minimum Gasteiger partial charge on any atom is -0.369 e. The van der Waals surface area contributed by atoms with Crippen LogP contribution in [0.1, 0.15) is 11.1 Å². The number of rotatable bonds is 3. The Morgan fingerprint density at radius 3 is 2.16 bits per heavy atom. The van der Waals surface area contributed by atoms with Crippen LogP contribution in [0.15, 0.2) is 41.3 Å². The molecule has 0 aliphatic carbocycles. The second-order valence-corrected chi connectivity index (χ2v) is 8.83. The van der Waals surface area contributed by atoms with Crippen LogP contribution in [0, 0.1) is 13.8 Å². The molecule has 0 amide bonds. The summed E-state index contributed by atoms with van der Waals surface area (Å²) in [6.45, 7) is 5.57. The second-order valence-electron chi connectivity index (χ2n) is 6.17. The van der Waals surface area contributed by atoms with E-state index in [-0.39, 0.29) is 9.92 Å². The Kier molecular flexibility index (Phi) is 5.30. The van der Waals surface area contributed by atoms with E-state index in [9.17, 15) is 8.42 Å². The fraction of sp³-hybridized carbons (Fsp3) is 0.333. The Morgan fingerprint density at radius 2 is 1.56 bits per heavy atom. The van der Waals surface area contributed by atoms with Crippen LogP contribution in [0.4, 0.5) is 5.69 Å². The Bertz CT molecular complexity index is 851. The van der Waals surface area contributed by atoms with Gasteiger partial charge in [-0.3, -0.25) is 0 Å². The lowest BCUT2D eigenvalue weighted by Crippen LogP contribution is -2.48. The van der Waals surface area contributed by atoms with Crippen molar-refractivity contribution in [3.8, 4) is 0 Å². The zero-order chi connectivity index (χ0) is 18.2. The lowest BCUT2D eigenvalue weighted by molar-refractivity contribution is 0.384. The molecule has 25 heavy (non-hydrogen) atoms. The number of halogens is 2. The fourth-order valence-electron chi connectivity index (χ4n) is 3.08. The summed E-state index contributed by atoms with van der Waals surface area (Å²) in [5, 5.41) is 0.677. The summed E-state index contributed by atoms with van der Waals surface area (Å²) in [7, 11) is -3.68. The largest absolute Gasteiger partial charge is 0.369 e. The Hall–Kier alpha value is -1.27. The van der Waals surface area contributed by atoms with Crippen molar-refractivity contribution < 1.29 is 8.42 Å². The number of benzene rings is 2. The second kappa shape index (κ2) is 7.16. The molecule has 0 N–H and O–H groups in total. The standard InChI is InChI=1S/C18H20Cl2N2O2S/c1-13-12-16(19)14(2)18(17(13)20)25(23,24)22-10-8-21(9-11-22)15-6-4-3-5-7-15/h3-7,12H,8-11H2,1-2H3. The summed E-state index contributed by atoms with van der Waals surface area (Å²) >= 11 is 12.5. The normalized spacial score (nSPS) is 16.2. The first-order chi connectivity index (χ1) is 11.8. The molecular formula is C18H20Cl2N2O2S. The summed E-state index contributed by atoms with van der Waals surface area (Å²) in [6.07, 6.45) is 0. The molecule has 1 aliphatic rings. The molecule has 0 aromatic heterocycles. The highest BCUT2D eigenvalue weighted by Crippen LogP contribution is 2.35. The molecule has 2 aromatic rings. The molecule has 134 valence electrons. The molecule has 7 heteroatoms. The molecular weight excluding hydrogens is 379 g/mol. The third-order valence-electron chi connectivity index (χ3n) is 4.55. The van der Waals surface area contributed by atoms with E-state index in [0.29, 0.717) is 42.3 Å². The third kappa shape index (κ3) is 3.51. The molecule has 2 aromatic carbocycles.